The third-order valence-corrected chi connectivity index (χ3v) is 4.80. The molecule has 8 nitrogen and oxygen atoms in total. The molecule has 33 heavy (non-hydrogen) atoms. The van der Waals surface area contributed by atoms with Crippen LogP contribution in [0.25, 0.3) is 11.1 Å². The number of thiazole rings is 1. The Morgan fingerprint density at radius 1 is 1.18 bits per heavy atom. The number of carbonyl (C=O) groups is 2. The lowest BCUT2D eigenvalue weighted by atomic mass is 10.0. The van der Waals surface area contributed by atoms with Gasteiger partial charge in [0, 0.05) is 0 Å². The number of ether oxygens (including phenoxy) is 1. The van der Waals surface area contributed by atoms with Crippen LogP contribution in [0.2, 0.25) is 0 Å². The van der Waals surface area contributed by atoms with Gasteiger partial charge in [0.05, 0.1) is 40.8 Å². The summed E-state index contributed by atoms with van der Waals surface area (Å²) in [5.41, 5.74) is -1.86. The molecule has 0 saturated heterocycles. The van der Waals surface area contributed by atoms with Crippen molar-refractivity contribution in [3.63, 3.8) is 0 Å². The summed E-state index contributed by atoms with van der Waals surface area (Å²) in [6.45, 7) is -7.01. The van der Waals surface area contributed by atoms with Gasteiger partial charge < -0.3 is 15.2 Å². The van der Waals surface area contributed by atoms with Crippen LogP contribution < -0.4 is 15.5 Å². The standard InChI is InChI=1S/C20H15F4N3O5S/c1-31-10-4-2-3-9(7-10)11-12(21)14(23)16(15(24)13(11)22)26-19(29)17-18(33-8-25-17)20(30)27-32-6-5-28/h2-4,7-8,28H,5-6H2,1H3,(H,26,29)(H,27,30)/i1D3,5D2,6D2. The van der Waals surface area contributed by atoms with E-state index >= 15 is 0 Å². The molecule has 3 N–H and O–H groups in total. The topological polar surface area (TPSA) is 110 Å². The molecule has 0 unspecified atom stereocenters. The van der Waals surface area contributed by atoms with Crippen molar-refractivity contribution in [1.29, 1.82) is 0 Å². The van der Waals surface area contributed by atoms with Crippen LogP contribution in [0.4, 0.5) is 23.2 Å². The van der Waals surface area contributed by atoms with E-state index in [0.717, 1.165) is 29.8 Å². The second-order valence-corrected chi connectivity index (χ2v) is 6.72. The molecule has 2 aromatic carbocycles. The minimum Gasteiger partial charge on any atom is -0.497 e. The first kappa shape index (κ1) is 16.1. The maximum Gasteiger partial charge on any atom is 0.287 e. The molecule has 3 rings (SSSR count). The molecule has 0 spiro atoms. The van der Waals surface area contributed by atoms with Crippen molar-refractivity contribution in [2.45, 2.75) is 0 Å². The van der Waals surface area contributed by atoms with Gasteiger partial charge in [0.1, 0.15) is 16.3 Å². The first-order chi connectivity index (χ1) is 18.3. The zero-order chi connectivity index (χ0) is 30.2. The Morgan fingerprint density at radius 2 is 1.91 bits per heavy atom. The number of nitrogens with one attached hydrogen (secondary N) is 2. The van der Waals surface area contributed by atoms with Crippen LogP contribution in [0.1, 0.15) is 29.8 Å². The molecular formula is C20H15F4N3O5S. The average molecular weight is 492 g/mol. The minimum absolute atomic E-state index is 0.393. The third-order valence-electron chi connectivity index (χ3n) is 3.97. The van der Waals surface area contributed by atoms with Gasteiger partial charge in [-0.25, -0.2) is 28.0 Å². The van der Waals surface area contributed by atoms with E-state index in [1.54, 1.807) is 5.32 Å². The van der Waals surface area contributed by atoms with E-state index in [2.05, 4.69) is 14.6 Å². The van der Waals surface area contributed by atoms with Crippen molar-refractivity contribution >= 4 is 28.8 Å². The van der Waals surface area contributed by atoms with Crippen LogP contribution in [0, 0.1) is 23.3 Å². The first-order valence-corrected chi connectivity index (χ1v) is 9.33. The number of halogens is 4. The van der Waals surface area contributed by atoms with Crippen LogP contribution in [0.3, 0.4) is 0 Å². The fourth-order valence-electron chi connectivity index (χ4n) is 2.59. The molecular weight excluding hydrogens is 470 g/mol. The molecule has 0 radical (unpaired) electrons. The normalized spacial score (nSPS) is 15.1. The Kier molecular flexibility index (Phi) is 5.07. The molecule has 0 aliphatic heterocycles. The first-order valence-electron chi connectivity index (χ1n) is 11.9. The van der Waals surface area contributed by atoms with Crippen molar-refractivity contribution in [2.24, 2.45) is 0 Å². The number of carbonyl (C=O) groups excluding carboxylic acids is 2. The molecule has 0 fully saturated rings. The minimum atomic E-state index is -3.56. The fourth-order valence-corrected chi connectivity index (χ4v) is 3.26. The van der Waals surface area contributed by atoms with Gasteiger partial charge >= 0.3 is 0 Å². The van der Waals surface area contributed by atoms with Crippen LogP contribution in [-0.4, -0.2) is 42.1 Å². The summed E-state index contributed by atoms with van der Waals surface area (Å²) < 4.78 is 114. The zero-order valence-corrected chi connectivity index (χ0v) is 16.7. The van der Waals surface area contributed by atoms with Gasteiger partial charge in [0.2, 0.25) is 0 Å². The Bertz CT molecular complexity index is 1440. The van der Waals surface area contributed by atoms with Crippen molar-refractivity contribution in [3.8, 4) is 16.9 Å². The van der Waals surface area contributed by atoms with Crippen molar-refractivity contribution in [3.05, 3.63) is 63.6 Å². The summed E-state index contributed by atoms with van der Waals surface area (Å²) >= 11 is 0.444. The van der Waals surface area contributed by atoms with Crippen molar-refractivity contribution < 1.29 is 51.4 Å². The number of methoxy groups -OCH3 is 1. The monoisotopic (exact) mass is 492 g/mol. The number of anilines is 1. The average Bonchev–Trinajstić information content (AvgIpc) is 3.33. The Balaban J connectivity index is 1.90. The lowest BCUT2D eigenvalue weighted by Crippen LogP contribution is -2.27. The maximum atomic E-state index is 14.9. The summed E-state index contributed by atoms with van der Waals surface area (Å²) in [5, 5.41) is 10.6. The molecule has 0 atom stereocenters. The van der Waals surface area contributed by atoms with E-state index in [4.69, 9.17) is 14.7 Å². The number of hydroxylamine groups is 1. The van der Waals surface area contributed by atoms with E-state index in [9.17, 15) is 27.2 Å². The summed E-state index contributed by atoms with van der Waals surface area (Å²) in [6.07, 6.45) is 0. The highest BCUT2D eigenvalue weighted by molar-refractivity contribution is 7.12. The molecule has 1 aromatic heterocycles. The number of aliphatic hydroxyl groups is 1. The highest BCUT2D eigenvalue weighted by atomic mass is 32.1. The molecule has 2 amide bonds. The second kappa shape index (κ2) is 10.4. The van der Waals surface area contributed by atoms with Crippen LogP contribution in [0.5, 0.6) is 5.75 Å². The molecule has 13 heteroatoms. The van der Waals surface area contributed by atoms with E-state index in [-0.39, 0.29) is 0 Å². The molecule has 1 heterocycles. The van der Waals surface area contributed by atoms with Gasteiger partial charge in [-0.1, -0.05) is 12.1 Å². The van der Waals surface area contributed by atoms with Crippen LogP contribution in [-0.2, 0) is 4.84 Å². The Labute approximate surface area is 197 Å². The third kappa shape index (κ3) is 4.94. The predicted octanol–water partition coefficient (Wildman–Crippen LogP) is 3.28. The molecule has 3 aromatic rings. The van der Waals surface area contributed by atoms with Crippen LogP contribution in [0.15, 0.2) is 29.8 Å². The largest absolute Gasteiger partial charge is 0.497 e. The van der Waals surface area contributed by atoms with E-state index in [0.29, 0.717) is 11.3 Å². The number of amides is 2. The predicted molar refractivity (Wildman–Crippen MR) is 109 cm³/mol. The SMILES string of the molecule is [2H]C([2H])([2H])Oc1cccc(-c2c(F)c(F)c(NC(=O)c3ncsc3C(=O)NOC([2H])([2H])C([2H])([2H])O)c(F)c2F)c1. The summed E-state index contributed by atoms with van der Waals surface area (Å²) in [7, 11) is -2.93. The second-order valence-electron chi connectivity index (χ2n) is 5.87. The number of hydrogen-bond acceptors (Lipinski definition) is 7. The zero-order valence-electron chi connectivity index (χ0n) is 22.8. The molecule has 0 aliphatic carbocycles. The fraction of sp³-hybridized carbons (Fsp3) is 0.150. The molecule has 0 aliphatic rings. The van der Waals surface area contributed by atoms with Gasteiger partial charge in [-0.15, -0.1) is 11.3 Å². The number of rotatable bonds is 8. The van der Waals surface area contributed by atoms with Gasteiger partial charge in [-0.05, 0) is 17.7 Å². The number of nitrogens with zero attached hydrogens (tertiary/aromatic N) is 1. The van der Waals surface area contributed by atoms with Gasteiger partial charge in [0.25, 0.3) is 11.8 Å². The lowest BCUT2D eigenvalue weighted by Gasteiger charge is -2.13. The highest BCUT2D eigenvalue weighted by Crippen LogP contribution is 2.36. The highest BCUT2D eigenvalue weighted by Gasteiger charge is 2.29. The van der Waals surface area contributed by atoms with Gasteiger partial charge in [0.15, 0.2) is 29.0 Å². The Morgan fingerprint density at radius 3 is 2.58 bits per heavy atom. The van der Waals surface area contributed by atoms with E-state index < -0.39 is 88.4 Å². The van der Waals surface area contributed by atoms with Gasteiger partial charge in [-0.3, -0.25) is 14.4 Å². The van der Waals surface area contributed by atoms with Crippen molar-refractivity contribution in [1.82, 2.24) is 10.5 Å². The smallest absolute Gasteiger partial charge is 0.287 e. The maximum absolute atomic E-state index is 14.9. The summed E-state index contributed by atoms with van der Waals surface area (Å²) in [6, 6.07) is 4.06. The summed E-state index contributed by atoms with van der Waals surface area (Å²) in [5.74, 6) is -11.4. The lowest BCUT2D eigenvalue weighted by molar-refractivity contribution is 0.0170. The van der Waals surface area contributed by atoms with E-state index in [1.165, 1.54) is 5.48 Å². The van der Waals surface area contributed by atoms with Gasteiger partial charge in [-0.2, -0.15) is 0 Å². The number of aromatic nitrogens is 1. The quantitative estimate of drug-likeness (QED) is 0.253. The van der Waals surface area contributed by atoms with E-state index in [1.807, 2.05) is 0 Å². The van der Waals surface area contributed by atoms with Crippen LogP contribution >= 0.6 is 11.3 Å². The molecule has 0 saturated carbocycles. The Hall–Kier alpha value is -3.55. The molecule has 0 bridgehead atoms. The number of benzene rings is 2. The number of hydrogen-bond donors (Lipinski definition) is 3. The van der Waals surface area contributed by atoms with Crippen molar-refractivity contribution in [2.75, 3.05) is 25.5 Å². The molecule has 174 valence electrons. The summed E-state index contributed by atoms with van der Waals surface area (Å²) in [4.78, 5) is 31.9.